The molecule has 8 heteroatoms. The number of carbonyl (C=O) groups is 2. The Balaban J connectivity index is 1.64. The minimum absolute atomic E-state index is 0.0527. The lowest BCUT2D eigenvalue weighted by Crippen LogP contribution is -2.67. The van der Waals surface area contributed by atoms with Crippen LogP contribution in [0.1, 0.15) is 45.2 Å². The SMILES string of the molecule is [C-]#[N+]c1ccc(C2N(c3ccc(F)c(Cl)c3)C(=O)C23CCN(C(=O)OC(C)(C)C)CC3)cc1. The lowest BCUT2D eigenvalue weighted by Gasteiger charge is -2.59. The molecule has 0 radical (unpaired) electrons. The highest BCUT2D eigenvalue weighted by Crippen LogP contribution is 2.57. The number of ether oxygens (including phenoxy) is 1. The molecule has 4 rings (SSSR count). The minimum Gasteiger partial charge on any atom is -0.444 e. The molecule has 2 aromatic carbocycles. The largest absolute Gasteiger partial charge is 0.444 e. The summed E-state index contributed by atoms with van der Waals surface area (Å²) >= 11 is 6.00. The summed E-state index contributed by atoms with van der Waals surface area (Å²) < 4.78 is 19.2. The Labute approximate surface area is 197 Å². The third kappa shape index (κ3) is 4.16. The average Bonchev–Trinajstić information content (AvgIpc) is 2.78. The average molecular weight is 470 g/mol. The van der Waals surface area contributed by atoms with Crippen molar-refractivity contribution in [3.05, 3.63) is 70.3 Å². The number of halogens is 2. The van der Waals surface area contributed by atoms with E-state index in [9.17, 15) is 14.0 Å². The van der Waals surface area contributed by atoms with Crippen molar-refractivity contribution in [3.63, 3.8) is 0 Å². The van der Waals surface area contributed by atoms with Gasteiger partial charge >= 0.3 is 6.09 Å². The lowest BCUT2D eigenvalue weighted by atomic mass is 9.62. The van der Waals surface area contributed by atoms with Crippen LogP contribution in [-0.2, 0) is 9.53 Å². The number of anilines is 1. The quantitative estimate of drug-likeness (QED) is 0.392. The lowest BCUT2D eigenvalue weighted by molar-refractivity contribution is -0.144. The molecule has 1 unspecified atom stereocenters. The summed E-state index contributed by atoms with van der Waals surface area (Å²) in [6, 6.07) is 11.1. The maximum absolute atomic E-state index is 13.8. The summed E-state index contributed by atoms with van der Waals surface area (Å²) in [5.74, 6) is -0.625. The molecule has 2 saturated heterocycles. The van der Waals surface area contributed by atoms with E-state index >= 15 is 0 Å². The number of carbonyl (C=O) groups excluding carboxylic acids is 2. The van der Waals surface area contributed by atoms with Crippen LogP contribution in [0.4, 0.5) is 20.6 Å². The summed E-state index contributed by atoms with van der Waals surface area (Å²) in [6.45, 7) is 13.5. The van der Waals surface area contributed by atoms with Gasteiger partial charge in [-0.15, -0.1) is 0 Å². The molecule has 2 heterocycles. The van der Waals surface area contributed by atoms with Crippen LogP contribution in [0, 0.1) is 17.8 Å². The van der Waals surface area contributed by atoms with Crippen molar-refractivity contribution in [3.8, 4) is 0 Å². The zero-order chi connectivity index (χ0) is 24.0. The van der Waals surface area contributed by atoms with Crippen molar-refractivity contribution in [1.29, 1.82) is 0 Å². The Morgan fingerprint density at radius 3 is 2.36 bits per heavy atom. The maximum atomic E-state index is 13.8. The van der Waals surface area contributed by atoms with Gasteiger partial charge in [0.25, 0.3) is 0 Å². The summed E-state index contributed by atoms with van der Waals surface area (Å²) in [7, 11) is 0. The van der Waals surface area contributed by atoms with Crippen molar-refractivity contribution in [2.45, 2.75) is 45.3 Å². The molecule has 2 aliphatic rings. The fourth-order valence-electron chi connectivity index (χ4n) is 4.66. The second-order valence-corrected chi connectivity index (χ2v) is 9.91. The molecule has 1 atom stereocenters. The topological polar surface area (TPSA) is 54.2 Å². The second kappa shape index (κ2) is 8.35. The number of β-lactam (4-membered cyclic amide) rings is 1. The molecule has 33 heavy (non-hydrogen) atoms. The first-order chi connectivity index (χ1) is 15.6. The van der Waals surface area contributed by atoms with Crippen LogP contribution < -0.4 is 4.90 Å². The molecule has 2 fully saturated rings. The van der Waals surface area contributed by atoms with E-state index < -0.39 is 16.8 Å². The van der Waals surface area contributed by atoms with Gasteiger partial charge in [0.2, 0.25) is 5.91 Å². The highest BCUT2D eigenvalue weighted by molar-refractivity contribution is 6.31. The van der Waals surface area contributed by atoms with Crippen molar-refractivity contribution in [2.75, 3.05) is 18.0 Å². The Kier molecular flexibility index (Phi) is 5.83. The van der Waals surface area contributed by atoms with E-state index in [-0.39, 0.29) is 23.1 Å². The molecule has 6 nitrogen and oxygen atoms in total. The van der Waals surface area contributed by atoms with Crippen molar-refractivity contribution in [1.82, 2.24) is 4.90 Å². The van der Waals surface area contributed by atoms with Gasteiger partial charge in [-0.3, -0.25) is 4.79 Å². The highest BCUT2D eigenvalue weighted by atomic mass is 35.5. The predicted octanol–water partition coefficient (Wildman–Crippen LogP) is 6.14. The minimum atomic E-state index is -0.695. The summed E-state index contributed by atoms with van der Waals surface area (Å²) in [4.78, 5) is 32.8. The van der Waals surface area contributed by atoms with Gasteiger partial charge in [0.15, 0.2) is 5.69 Å². The van der Waals surface area contributed by atoms with E-state index in [0.717, 1.165) is 5.56 Å². The molecular formula is C25H25ClFN3O3. The number of hydrogen-bond donors (Lipinski definition) is 0. The highest BCUT2D eigenvalue weighted by Gasteiger charge is 2.62. The van der Waals surface area contributed by atoms with E-state index in [1.165, 1.54) is 12.1 Å². The van der Waals surface area contributed by atoms with Crippen LogP contribution in [0.25, 0.3) is 4.85 Å². The number of amides is 2. The molecule has 0 aromatic heterocycles. The Bertz CT molecular complexity index is 1130. The zero-order valence-electron chi connectivity index (χ0n) is 18.8. The third-order valence-electron chi connectivity index (χ3n) is 6.25. The first kappa shape index (κ1) is 23.1. The molecule has 0 bridgehead atoms. The molecule has 2 amide bonds. The van der Waals surface area contributed by atoms with Gasteiger partial charge in [0.1, 0.15) is 11.4 Å². The monoisotopic (exact) mass is 469 g/mol. The van der Waals surface area contributed by atoms with Crippen LogP contribution in [0.5, 0.6) is 0 Å². The molecular weight excluding hydrogens is 445 g/mol. The van der Waals surface area contributed by atoms with Gasteiger partial charge in [0.05, 0.1) is 23.1 Å². The van der Waals surface area contributed by atoms with Crippen LogP contribution >= 0.6 is 11.6 Å². The molecule has 2 aliphatic heterocycles. The van der Waals surface area contributed by atoms with Gasteiger partial charge in [-0.1, -0.05) is 35.9 Å². The zero-order valence-corrected chi connectivity index (χ0v) is 19.5. The standard InChI is InChI=1S/C25H25ClFN3O3/c1-24(2,3)33-23(32)29-13-11-25(12-14-29)21(16-5-7-17(28-4)8-6-16)30(22(25)31)18-9-10-20(27)19(26)15-18/h5-10,15,21H,11-14H2,1-3H3. The molecule has 0 N–H and O–H groups in total. The maximum Gasteiger partial charge on any atom is 0.410 e. The fraction of sp³-hybridized carbons (Fsp3) is 0.400. The molecule has 172 valence electrons. The summed E-state index contributed by atoms with van der Waals surface area (Å²) in [5.41, 5.74) is 0.622. The third-order valence-corrected chi connectivity index (χ3v) is 6.54. The molecule has 0 saturated carbocycles. The van der Waals surface area contributed by atoms with E-state index in [4.69, 9.17) is 22.9 Å². The predicted molar refractivity (Wildman–Crippen MR) is 124 cm³/mol. The number of piperidine rings is 1. The number of hydrogen-bond acceptors (Lipinski definition) is 3. The van der Waals surface area contributed by atoms with E-state index in [1.807, 2.05) is 32.9 Å². The summed E-state index contributed by atoms with van der Waals surface area (Å²) in [6.07, 6.45) is 0.571. The Morgan fingerprint density at radius 2 is 1.82 bits per heavy atom. The Morgan fingerprint density at radius 1 is 1.18 bits per heavy atom. The number of likely N-dealkylation sites (tertiary alicyclic amines) is 1. The van der Waals surface area contributed by atoms with Crippen molar-refractivity contribution < 1.29 is 18.7 Å². The van der Waals surface area contributed by atoms with E-state index in [1.54, 1.807) is 28.0 Å². The number of benzene rings is 2. The Hall–Kier alpha value is -3.11. The van der Waals surface area contributed by atoms with Gasteiger partial charge in [-0.2, -0.15) is 0 Å². The molecule has 1 spiro atoms. The van der Waals surface area contributed by atoms with Crippen LogP contribution in [0.3, 0.4) is 0 Å². The smallest absolute Gasteiger partial charge is 0.410 e. The van der Waals surface area contributed by atoms with Crippen molar-refractivity contribution in [2.24, 2.45) is 5.41 Å². The van der Waals surface area contributed by atoms with Crippen LogP contribution in [0.15, 0.2) is 42.5 Å². The normalized spacial score (nSPS) is 19.8. The van der Waals surface area contributed by atoms with Gasteiger partial charge in [-0.05, 0) is 57.4 Å². The first-order valence-electron chi connectivity index (χ1n) is 10.8. The van der Waals surface area contributed by atoms with Crippen LogP contribution in [0.2, 0.25) is 5.02 Å². The summed E-state index contributed by atoms with van der Waals surface area (Å²) in [5, 5.41) is -0.0527. The second-order valence-electron chi connectivity index (χ2n) is 9.50. The van der Waals surface area contributed by atoms with Crippen molar-refractivity contribution >= 4 is 35.0 Å². The molecule has 2 aromatic rings. The molecule has 0 aliphatic carbocycles. The van der Waals surface area contributed by atoms with Gasteiger partial charge in [-0.25, -0.2) is 14.0 Å². The van der Waals surface area contributed by atoms with E-state index in [0.29, 0.717) is 37.3 Å². The fourth-order valence-corrected chi connectivity index (χ4v) is 4.83. The number of rotatable bonds is 2. The van der Waals surface area contributed by atoms with Gasteiger partial charge < -0.3 is 14.5 Å². The van der Waals surface area contributed by atoms with Crippen LogP contribution in [-0.4, -0.2) is 35.6 Å². The van der Waals surface area contributed by atoms with Gasteiger partial charge in [0, 0.05) is 18.8 Å². The van der Waals surface area contributed by atoms with E-state index in [2.05, 4.69) is 4.85 Å². The first-order valence-corrected chi connectivity index (χ1v) is 11.2. The number of nitrogens with zero attached hydrogens (tertiary/aromatic N) is 3.